The summed E-state index contributed by atoms with van der Waals surface area (Å²) in [6.45, 7) is 4.97. The third-order valence-corrected chi connectivity index (χ3v) is 3.97. The minimum atomic E-state index is -0.127. The summed E-state index contributed by atoms with van der Waals surface area (Å²) in [5.74, 6) is 0.848. The van der Waals surface area contributed by atoms with Gasteiger partial charge in [-0.1, -0.05) is 19.1 Å². The van der Waals surface area contributed by atoms with E-state index in [2.05, 4.69) is 15.4 Å². The maximum Gasteiger partial charge on any atom is 0.224 e. The fourth-order valence-corrected chi connectivity index (χ4v) is 2.56. The number of hydrogen-bond acceptors (Lipinski definition) is 3. The van der Waals surface area contributed by atoms with E-state index in [0.717, 1.165) is 17.1 Å². The maximum atomic E-state index is 12.2. The molecule has 0 spiro atoms. The van der Waals surface area contributed by atoms with Crippen LogP contribution in [0.25, 0.3) is 5.69 Å². The Labute approximate surface area is 141 Å². The molecule has 0 saturated carbocycles. The predicted molar refractivity (Wildman–Crippen MR) is 91.5 cm³/mol. The molecule has 0 aliphatic heterocycles. The highest BCUT2D eigenvalue weighted by Gasteiger charge is 2.13. The molecule has 1 N–H and O–H groups in total. The van der Waals surface area contributed by atoms with Crippen LogP contribution in [-0.4, -0.2) is 25.2 Å². The average Bonchev–Trinajstić information content (AvgIpc) is 3.24. The zero-order chi connectivity index (χ0) is 16.9. The van der Waals surface area contributed by atoms with Crippen LogP contribution >= 0.6 is 0 Å². The molecule has 3 rings (SSSR count). The summed E-state index contributed by atoms with van der Waals surface area (Å²) in [6, 6.07) is 9.96. The van der Waals surface area contributed by atoms with Crippen molar-refractivity contribution in [3.05, 3.63) is 66.5 Å². The van der Waals surface area contributed by atoms with Gasteiger partial charge in [-0.2, -0.15) is 5.10 Å². The maximum absolute atomic E-state index is 12.2. The van der Waals surface area contributed by atoms with Crippen molar-refractivity contribution in [1.82, 2.24) is 24.6 Å². The number of amides is 1. The Kier molecular flexibility index (Phi) is 4.74. The van der Waals surface area contributed by atoms with Crippen molar-refractivity contribution in [3.8, 4) is 5.69 Å². The van der Waals surface area contributed by atoms with Gasteiger partial charge in [0, 0.05) is 37.0 Å². The number of aryl methyl sites for hydroxylation is 1. The Morgan fingerprint density at radius 1 is 1.21 bits per heavy atom. The standard InChI is InChI=1S/C18H21N5O/c1-14(13-22-10-3-8-21-22)18(24)20-12-16-4-6-17(7-5-16)23-11-9-19-15(23)2/h3-11,14H,12-13H2,1-2H3,(H,20,24). The van der Waals surface area contributed by atoms with Crippen LogP contribution in [-0.2, 0) is 17.9 Å². The molecule has 0 bridgehead atoms. The SMILES string of the molecule is Cc1nccn1-c1ccc(CNC(=O)C(C)Cn2cccn2)cc1. The van der Waals surface area contributed by atoms with Crippen LogP contribution in [0.5, 0.6) is 0 Å². The normalized spacial score (nSPS) is 12.1. The molecule has 1 amide bonds. The highest BCUT2D eigenvalue weighted by atomic mass is 16.1. The van der Waals surface area contributed by atoms with Crippen molar-refractivity contribution in [2.75, 3.05) is 0 Å². The Balaban J connectivity index is 1.54. The summed E-state index contributed by atoms with van der Waals surface area (Å²) in [4.78, 5) is 16.4. The van der Waals surface area contributed by atoms with Crippen molar-refractivity contribution in [2.24, 2.45) is 5.92 Å². The Hall–Kier alpha value is -2.89. The van der Waals surface area contributed by atoms with Crippen LogP contribution in [0.2, 0.25) is 0 Å². The lowest BCUT2D eigenvalue weighted by atomic mass is 10.1. The molecule has 0 radical (unpaired) electrons. The Bertz CT molecular complexity index is 789. The van der Waals surface area contributed by atoms with Gasteiger partial charge in [0.2, 0.25) is 5.91 Å². The summed E-state index contributed by atoms with van der Waals surface area (Å²) in [5, 5.41) is 7.10. The zero-order valence-corrected chi connectivity index (χ0v) is 13.9. The molecule has 2 aromatic heterocycles. The summed E-state index contributed by atoms with van der Waals surface area (Å²) in [7, 11) is 0. The molecule has 0 fully saturated rings. The summed E-state index contributed by atoms with van der Waals surface area (Å²) in [6.07, 6.45) is 7.29. The molecule has 1 unspecified atom stereocenters. The first-order valence-corrected chi connectivity index (χ1v) is 7.98. The fourth-order valence-electron chi connectivity index (χ4n) is 2.56. The van der Waals surface area contributed by atoms with Crippen LogP contribution in [0.15, 0.2) is 55.1 Å². The second kappa shape index (κ2) is 7.12. The monoisotopic (exact) mass is 323 g/mol. The Morgan fingerprint density at radius 3 is 2.62 bits per heavy atom. The van der Waals surface area contributed by atoms with E-state index in [-0.39, 0.29) is 11.8 Å². The average molecular weight is 323 g/mol. The highest BCUT2D eigenvalue weighted by molar-refractivity contribution is 5.78. The van der Waals surface area contributed by atoms with E-state index in [1.165, 1.54) is 0 Å². The number of rotatable bonds is 6. The number of carbonyl (C=O) groups is 1. The number of nitrogens with zero attached hydrogens (tertiary/aromatic N) is 4. The third-order valence-electron chi connectivity index (χ3n) is 3.97. The van der Waals surface area contributed by atoms with Crippen LogP contribution < -0.4 is 5.32 Å². The second-order valence-electron chi connectivity index (χ2n) is 5.86. The van der Waals surface area contributed by atoms with E-state index in [0.29, 0.717) is 13.1 Å². The molecule has 0 aliphatic carbocycles. The Morgan fingerprint density at radius 2 is 2.00 bits per heavy atom. The number of benzene rings is 1. The molecule has 6 heteroatoms. The minimum absolute atomic E-state index is 0.0278. The smallest absolute Gasteiger partial charge is 0.224 e. The summed E-state index contributed by atoms with van der Waals surface area (Å²) < 4.78 is 3.79. The van der Waals surface area contributed by atoms with Crippen LogP contribution in [0.3, 0.4) is 0 Å². The number of nitrogens with one attached hydrogen (secondary N) is 1. The van der Waals surface area contributed by atoms with Gasteiger partial charge in [0.15, 0.2) is 0 Å². The van der Waals surface area contributed by atoms with Crippen LogP contribution in [0.1, 0.15) is 18.3 Å². The van der Waals surface area contributed by atoms with E-state index in [4.69, 9.17) is 0 Å². The second-order valence-corrected chi connectivity index (χ2v) is 5.86. The lowest BCUT2D eigenvalue weighted by Crippen LogP contribution is -2.31. The van der Waals surface area contributed by atoms with Gasteiger partial charge in [0.05, 0.1) is 12.5 Å². The van der Waals surface area contributed by atoms with E-state index in [9.17, 15) is 4.79 Å². The first-order chi connectivity index (χ1) is 11.6. The molecule has 1 aromatic carbocycles. The van der Waals surface area contributed by atoms with Gasteiger partial charge < -0.3 is 9.88 Å². The summed E-state index contributed by atoms with van der Waals surface area (Å²) in [5.41, 5.74) is 2.13. The van der Waals surface area contributed by atoms with E-state index in [1.807, 2.05) is 61.1 Å². The lowest BCUT2D eigenvalue weighted by Gasteiger charge is -2.13. The third kappa shape index (κ3) is 3.71. The van der Waals surface area contributed by atoms with Gasteiger partial charge in [-0.05, 0) is 30.7 Å². The molecule has 124 valence electrons. The predicted octanol–water partition coefficient (Wildman–Crippen LogP) is 2.33. The number of carbonyl (C=O) groups excluding carboxylic acids is 1. The minimum Gasteiger partial charge on any atom is -0.352 e. The number of aromatic nitrogens is 4. The van der Waals surface area contributed by atoms with E-state index < -0.39 is 0 Å². The number of imidazole rings is 1. The zero-order valence-electron chi connectivity index (χ0n) is 13.9. The molecular weight excluding hydrogens is 302 g/mol. The van der Waals surface area contributed by atoms with E-state index in [1.54, 1.807) is 17.1 Å². The van der Waals surface area contributed by atoms with Gasteiger partial charge in [0.1, 0.15) is 5.82 Å². The van der Waals surface area contributed by atoms with Crippen molar-refractivity contribution in [3.63, 3.8) is 0 Å². The van der Waals surface area contributed by atoms with Crippen molar-refractivity contribution in [2.45, 2.75) is 26.9 Å². The molecule has 24 heavy (non-hydrogen) atoms. The van der Waals surface area contributed by atoms with Crippen molar-refractivity contribution >= 4 is 5.91 Å². The van der Waals surface area contributed by atoms with Gasteiger partial charge in [-0.3, -0.25) is 9.48 Å². The van der Waals surface area contributed by atoms with Crippen LogP contribution in [0.4, 0.5) is 0 Å². The van der Waals surface area contributed by atoms with Crippen molar-refractivity contribution in [1.29, 1.82) is 0 Å². The molecular formula is C18H21N5O. The summed E-state index contributed by atoms with van der Waals surface area (Å²) >= 11 is 0. The van der Waals surface area contributed by atoms with Gasteiger partial charge in [0.25, 0.3) is 0 Å². The topological polar surface area (TPSA) is 64.7 Å². The fraction of sp³-hybridized carbons (Fsp3) is 0.278. The molecule has 0 saturated heterocycles. The lowest BCUT2D eigenvalue weighted by molar-refractivity contribution is -0.125. The van der Waals surface area contributed by atoms with Gasteiger partial charge in [-0.25, -0.2) is 4.98 Å². The molecule has 2 heterocycles. The largest absolute Gasteiger partial charge is 0.352 e. The quantitative estimate of drug-likeness (QED) is 0.757. The van der Waals surface area contributed by atoms with Crippen molar-refractivity contribution < 1.29 is 4.79 Å². The first kappa shape index (κ1) is 16.0. The van der Waals surface area contributed by atoms with Gasteiger partial charge >= 0.3 is 0 Å². The van der Waals surface area contributed by atoms with Crippen LogP contribution in [0, 0.1) is 12.8 Å². The molecule has 3 aromatic rings. The molecule has 1 atom stereocenters. The molecule has 6 nitrogen and oxygen atoms in total. The first-order valence-electron chi connectivity index (χ1n) is 7.98. The molecule has 0 aliphatic rings. The van der Waals surface area contributed by atoms with Gasteiger partial charge in [-0.15, -0.1) is 0 Å². The number of hydrogen-bond donors (Lipinski definition) is 1. The highest BCUT2D eigenvalue weighted by Crippen LogP contribution is 2.12. The van der Waals surface area contributed by atoms with E-state index >= 15 is 0 Å².